The lowest BCUT2D eigenvalue weighted by Crippen LogP contribution is -2.15. The minimum atomic E-state index is 0.0633. The van der Waals surface area contributed by atoms with E-state index in [1.54, 1.807) is 0 Å². The molecule has 0 aromatic heterocycles. The quantitative estimate of drug-likeness (QED) is 0.561. The summed E-state index contributed by atoms with van der Waals surface area (Å²) in [6.07, 6.45) is 6.77. The summed E-state index contributed by atoms with van der Waals surface area (Å²) in [4.78, 5) is 0. The summed E-state index contributed by atoms with van der Waals surface area (Å²) in [5.41, 5.74) is 0. The van der Waals surface area contributed by atoms with Crippen molar-refractivity contribution >= 4 is 0 Å². The standard InChI is InChI=1S/C10H16O/c11-8-4-9-6-1-2-7(3-6)10(9)5-8/h6-11H,1-5H2/t6-,7+,8?,9+,10-. The van der Waals surface area contributed by atoms with Crippen LogP contribution in [-0.2, 0) is 0 Å². The van der Waals surface area contributed by atoms with E-state index in [-0.39, 0.29) is 6.10 Å². The largest absolute Gasteiger partial charge is 0.393 e. The summed E-state index contributed by atoms with van der Waals surface area (Å²) >= 11 is 0. The summed E-state index contributed by atoms with van der Waals surface area (Å²) in [6.45, 7) is 0. The SMILES string of the molecule is OC1C[C@@H]2[C@H]3CC[C@H](C3)[C@@H]2C1. The fourth-order valence-corrected chi connectivity index (χ4v) is 3.99. The Morgan fingerprint density at radius 3 is 1.91 bits per heavy atom. The first-order chi connectivity index (χ1) is 5.34. The van der Waals surface area contributed by atoms with Gasteiger partial charge in [-0.25, -0.2) is 0 Å². The molecule has 0 aromatic carbocycles. The third kappa shape index (κ3) is 0.752. The van der Waals surface area contributed by atoms with Crippen molar-refractivity contribution in [3.8, 4) is 0 Å². The van der Waals surface area contributed by atoms with Crippen molar-refractivity contribution in [1.29, 1.82) is 0 Å². The van der Waals surface area contributed by atoms with Gasteiger partial charge in [-0.2, -0.15) is 0 Å². The van der Waals surface area contributed by atoms with Crippen molar-refractivity contribution in [2.75, 3.05) is 0 Å². The summed E-state index contributed by atoms with van der Waals surface area (Å²) < 4.78 is 0. The van der Waals surface area contributed by atoms with Crippen LogP contribution < -0.4 is 0 Å². The Hall–Kier alpha value is -0.0400. The summed E-state index contributed by atoms with van der Waals surface area (Å²) in [6, 6.07) is 0. The lowest BCUT2D eigenvalue weighted by molar-refractivity contribution is 0.167. The van der Waals surface area contributed by atoms with E-state index in [1.807, 2.05) is 0 Å². The molecular formula is C10H16O. The maximum atomic E-state index is 9.50. The molecule has 0 radical (unpaired) electrons. The third-order valence-corrected chi connectivity index (χ3v) is 4.36. The molecule has 1 nitrogen and oxygen atoms in total. The van der Waals surface area contributed by atoms with Crippen molar-refractivity contribution < 1.29 is 5.11 Å². The second kappa shape index (κ2) is 2.01. The molecule has 0 heterocycles. The Morgan fingerprint density at radius 1 is 0.818 bits per heavy atom. The molecule has 0 amide bonds. The van der Waals surface area contributed by atoms with Crippen molar-refractivity contribution in [3.63, 3.8) is 0 Å². The van der Waals surface area contributed by atoms with E-state index < -0.39 is 0 Å². The molecule has 2 bridgehead atoms. The normalized spacial score (nSPS) is 60.3. The molecule has 3 aliphatic carbocycles. The highest BCUT2D eigenvalue weighted by molar-refractivity contribution is 5.01. The highest BCUT2D eigenvalue weighted by Crippen LogP contribution is 2.58. The van der Waals surface area contributed by atoms with E-state index in [0.717, 1.165) is 36.5 Å². The van der Waals surface area contributed by atoms with Gasteiger partial charge in [-0.3, -0.25) is 0 Å². The van der Waals surface area contributed by atoms with Crippen molar-refractivity contribution in [3.05, 3.63) is 0 Å². The molecule has 0 aromatic rings. The fraction of sp³-hybridized carbons (Fsp3) is 1.00. The molecule has 3 saturated carbocycles. The van der Waals surface area contributed by atoms with Crippen LogP contribution in [0.5, 0.6) is 0 Å². The Morgan fingerprint density at radius 2 is 1.36 bits per heavy atom. The van der Waals surface area contributed by atoms with Gasteiger partial charge in [0, 0.05) is 0 Å². The van der Waals surface area contributed by atoms with Crippen LogP contribution in [0.25, 0.3) is 0 Å². The molecular weight excluding hydrogens is 136 g/mol. The lowest BCUT2D eigenvalue weighted by Gasteiger charge is -2.23. The molecule has 3 fully saturated rings. The number of fused-ring (bicyclic) bond motifs is 5. The number of hydrogen-bond donors (Lipinski definition) is 1. The van der Waals surface area contributed by atoms with Gasteiger partial charge in [0.25, 0.3) is 0 Å². The summed E-state index contributed by atoms with van der Waals surface area (Å²) in [5.74, 6) is 3.90. The highest BCUT2D eigenvalue weighted by Gasteiger charge is 2.51. The number of rotatable bonds is 0. The van der Waals surface area contributed by atoms with Crippen LogP contribution in [0.3, 0.4) is 0 Å². The van der Waals surface area contributed by atoms with Crippen LogP contribution in [0.15, 0.2) is 0 Å². The minimum absolute atomic E-state index is 0.0633. The zero-order valence-corrected chi connectivity index (χ0v) is 6.87. The molecule has 1 N–H and O–H groups in total. The molecule has 1 heteroatoms. The molecule has 1 unspecified atom stereocenters. The fourth-order valence-electron chi connectivity index (χ4n) is 3.99. The van der Waals surface area contributed by atoms with E-state index in [4.69, 9.17) is 0 Å². The molecule has 11 heavy (non-hydrogen) atoms. The van der Waals surface area contributed by atoms with Crippen molar-refractivity contribution in [2.45, 2.75) is 38.2 Å². The van der Waals surface area contributed by atoms with Crippen LogP contribution >= 0.6 is 0 Å². The molecule has 62 valence electrons. The number of aliphatic hydroxyl groups is 1. The Labute approximate surface area is 67.8 Å². The van der Waals surface area contributed by atoms with E-state index in [1.165, 1.54) is 19.3 Å². The molecule has 0 spiro atoms. The van der Waals surface area contributed by atoms with Crippen LogP contribution in [-0.4, -0.2) is 11.2 Å². The van der Waals surface area contributed by atoms with E-state index in [9.17, 15) is 5.11 Å². The van der Waals surface area contributed by atoms with Gasteiger partial charge in [-0.15, -0.1) is 0 Å². The monoisotopic (exact) mass is 152 g/mol. The zero-order chi connectivity index (χ0) is 7.42. The highest BCUT2D eigenvalue weighted by atomic mass is 16.3. The van der Waals surface area contributed by atoms with Crippen LogP contribution in [0.2, 0.25) is 0 Å². The van der Waals surface area contributed by atoms with Gasteiger partial charge in [-0.05, 0) is 55.8 Å². The van der Waals surface area contributed by atoms with Crippen LogP contribution in [0.1, 0.15) is 32.1 Å². The van der Waals surface area contributed by atoms with Crippen molar-refractivity contribution in [2.24, 2.45) is 23.7 Å². The predicted molar refractivity (Wildman–Crippen MR) is 43.1 cm³/mol. The zero-order valence-electron chi connectivity index (χ0n) is 6.87. The van der Waals surface area contributed by atoms with Gasteiger partial charge >= 0.3 is 0 Å². The lowest BCUT2D eigenvalue weighted by atomic mass is 9.82. The predicted octanol–water partition coefficient (Wildman–Crippen LogP) is 1.80. The van der Waals surface area contributed by atoms with Gasteiger partial charge in [0.15, 0.2) is 0 Å². The second-order valence-corrected chi connectivity index (χ2v) is 4.79. The Kier molecular flexibility index (Phi) is 1.18. The second-order valence-electron chi connectivity index (χ2n) is 4.79. The van der Waals surface area contributed by atoms with Crippen LogP contribution in [0, 0.1) is 23.7 Å². The Bertz CT molecular complexity index is 160. The minimum Gasteiger partial charge on any atom is -0.393 e. The van der Waals surface area contributed by atoms with E-state index in [0.29, 0.717) is 0 Å². The summed E-state index contributed by atoms with van der Waals surface area (Å²) in [5, 5.41) is 9.50. The maximum Gasteiger partial charge on any atom is 0.0546 e. The first-order valence-electron chi connectivity index (χ1n) is 5.02. The van der Waals surface area contributed by atoms with Crippen LogP contribution in [0.4, 0.5) is 0 Å². The maximum absolute atomic E-state index is 9.50. The molecule has 5 atom stereocenters. The van der Waals surface area contributed by atoms with Gasteiger partial charge in [0.05, 0.1) is 6.10 Å². The smallest absolute Gasteiger partial charge is 0.0546 e. The van der Waals surface area contributed by atoms with E-state index >= 15 is 0 Å². The number of aliphatic hydroxyl groups excluding tert-OH is 1. The first kappa shape index (κ1) is 6.47. The molecule has 3 rings (SSSR count). The molecule has 3 aliphatic rings. The summed E-state index contributed by atoms with van der Waals surface area (Å²) in [7, 11) is 0. The van der Waals surface area contributed by atoms with Gasteiger partial charge in [-0.1, -0.05) is 0 Å². The van der Waals surface area contributed by atoms with Gasteiger partial charge in [0.1, 0.15) is 0 Å². The first-order valence-corrected chi connectivity index (χ1v) is 5.02. The average molecular weight is 152 g/mol. The van der Waals surface area contributed by atoms with E-state index in [2.05, 4.69) is 0 Å². The topological polar surface area (TPSA) is 20.2 Å². The third-order valence-electron chi connectivity index (χ3n) is 4.36. The average Bonchev–Trinajstić information content (AvgIpc) is 2.53. The van der Waals surface area contributed by atoms with Gasteiger partial charge < -0.3 is 5.11 Å². The van der Waals surface area contributed by atoms with Gasteiger partial charge in [0.2, 0.25) is 0 Å². The molecule has 0 aliphatic heterocycles. The molecule has 0 saturated heterocycles. The number of hydrogen-bond acceptors (Lipinski definition) is 1. The van der Waals surface area contributed by atoms with Crippen molar-refractivity contribution in [1.82, 2.24) is 0 Å². The Balaban J connectivity index is 1.87.